The van der Waals surface area contributed by atoms with Gasteiger partial charge in [-0.05, 0) is 25.0 Å². The van der Waals surface area contributed by atoms with E-state index in [1.807, 2.05) is 24.3 Å². The fraction of sp³-hybridized carbons (Fsp3) is 0.462. The minimum Gasteiger partial charge on any atom is -0.373 e. The second-order valence-electron chi connectivity index (χ2n) is 4.32. The van der Waals surface area contributed by atoms with Gasteiger partial charge in [0.25, 0.3) is 0 Å². The zero-order chi connectivity index (χ0) is 11.4. The highest BCUT2D eigenvalue weighted by Crippen LogP contribution is 2.18. The minimum atomic E-state index is 0.567. The van der Waals surface area contributed by atoms with E-state index in [1.54, 1.807) is 0 Å². The molecule has 1 aromatic rings. The maximum atomic E-state index is 5.84. The molecule has 86 valence electrons. The Morgan fingerprint density at radius 3 is 2.38 bits per heavy atom. The van der Waals surface area contributed by atoms with Gasteiger partial charge in [-0.3, -0.25) is 0 Å². The van der Waals surface area contributed by atoms with Gasteiger partial charge in [0.15, 0.2) is 0 Å². The molecule has 0 amide bonds. The fourth-order valence-electron chi connectivity index (χ4n) is 2.12. The van der Waals surface area contributed by atoms with Gasteiger partial charge in [0.05, 0.1) is 0 Å². The zero-order valence-electron chi connectivity index (χ0n) is 9.21. The van der Waals surface area contributed by atoms with Gasteiger partial charge in [-0.15, -0.1) is 0 Å². The summed E-state index contributed by atoms with van der Waals surface area (Å²) < 4.78 is 0. The first kappa shape index (κ1) is 11.9. The Kier molecular flexibility index (Phi) is 4.19. The van der Waals surface area contributed by atoms with Crippen molar-refractivity contribution in [3.05, 3.63) is 34.9 Å². The molecule has 1 aromatic carbocycles. The summed E-state index contributed by atoms with van der Waals surface area (Å²) in [6, 6.07) is 8.27. The van der Waals surface area contributed by atoms with Crippen LogP contribution in [0.5, 0.6) is 0 Å². The molecule has 0 heterocycles. The lowest BCUT2D eigenvalue weighted by Gasteiger charge is -2.24. The molecular weight excluding hydrogens is 238 g/mol. The summed E-state index contributed by atoms with van der Waals surface area (Å²) >= 11 is 11.2. The highest BCUT2D eigenvalue weighted by molar-refractivity contribution is 7.80. The van der Waals surface area contributed by atoms with E-state index in [0.717, 1.165) is 15.6 Å². The lowest BCUT2D eigenvalue weighted by Crippen LogP contribution is -2.35. The van der Waals surface area contributed by atoms with Crippen molar-refractivity contribution >= 4 is 28.8 Å². The summed E-state index contributed by atoms with van der Waals surface area (Å²) in [5.74, 6) is 0. The molecule has 1 saturated carbocycles. The summed E-state index contributed by atoms with van der Waals surface area (Å²) in [5.41, 5.74) is 1.06. The molecule has 1 aliphatic rings. The SMILES string of the molecule is S=C(NC1CCCCC1)c1ccc(Cl)cc1. The van der Waals surface area contributed by atoms with Gasteiger partial charge in [-0.25, -0.2) is 0 Å². The number of hydrogen-bond donors (Lipinski definition) is 1. The first-order valence-corrected chi connectivity index (χ1v) is 6.61. The van der Waals surface area contributed by atoms with Crippen LogP contribution < -0.4 is 5.32 Å². The van der Waals surface area contributed by atoms with Gasteiger partial charge >= 0.3 is 0 Å². The van der Waals surface area contributed by atoms with Crippen LogP contribution in [-0.2, 0) is 0 Å². The van der Waals surface area contributed by atoms with Crippen LogP contribution in [0.4, 0.5) is 0 Å². The largest absolute Gasteiger partial charge is 0.373 e. The van der Waals surface area contributed by atoms with Crippen molar-refractivity contribution in [2.24, 2.45) is 0 Å². The number of hydrogen-bond acceptors (Lipinski definition) is 1. The summed E-state index contributed by atoms with van der Waals surface area (Å²) in [5, 5.41) is 4.20. The van der Waals surface area contributed by atoms with Crippen molar-refractivity contribution in [3.8, 4) is 0 Å². The van der Waals surface area contributed by atoms with Gasteiger partial charge in [-0.2, -0.15) is 0 Å². The lowest BCUT2D eigenvalue weighted by molar-refractivity contribution is 0.415. The van der Waals surface area contributed by atoms with Crippen LogP contribution in [-0.4, -0.2) is 11.0 Å². The molecule has 3 heteroatoms. The smallest absolute Gasteiger partial charge is 0.106 e. The number of halogens is 1. The predicted molar refractivity (Wildman–Crippen MR) is 73.2 cm³/mol. The molecule has 2 rings (SSSR count). The third-order valence-corrected chi connectivity index (χ3v) is 3.65. The van der Waals surface area contributed by atoms with E-state index in [1.165, 1.54) is 32.1 Å². The Labute approximate surface area is 107 Å². The molecule has 16 heavy (non-hydrogen) atoms. The van der Waals surface area contributed by atoms with Gasteiger partial charge < -0.3 is 5.32 Å². The molecule has 0 spiro atoms. The van der Waals surface area contributed by atoms with Crippen LogP contribution in [0.3, 0.4) is 0 Å². The van der Waals surface area contributed by atoms with E-state index in [9.17, 15) is 0 Å². The zero-order valence-corrected chi connectivity index (χ0v) is 10.8. The number of benzene rings is 1. The Morgan fingerprint density at radius 1 is 1.12 bits per heavy atom. The van der Waals surface area contributed by atoms with Gasteiger partial charge in [-0.1, -0.05) is 55.2 Å². The molecule has 0 saturated heterocycles. The summed E-state index contributed by atoms with van der Waals surface area (Å²) in [4.78, 5) is 0.851. The molecule has 1 aliphatic carbocycles. The second kappa shape index (κ2) is 5.65. The Bertz CT molecular complexity index is 355. The van der Waals surface area contributed by atoms with Gasteiger partial charge in [0, 0.05) is 16.6 Å². The standard InChI is InChI=1S/C13H16ClNS/c14-11-8-6-10(7-9-11)13(16)15-12-4-2-1-3-5-12/h6-9,12H,1-5H2,(H,15,16). The van der Waals surface area contributed by atoms with Crippen molar-refractivity contribution < 1.29 is 0 Å². The molecule has 0 bridgehead atoms. The van der Waals surface area contributed by atoms with Crippen molar-refractivity contribution in [2.75, 3.05) is 0 Å². The van der Waals surface area contributed by atoms with Crippen molar-refractivity contribution in [1.82, 2.24) is 5.32 Å². The highest BCUT2D eigenvalue weighted by atomic mass is 35.5. The molecule has 0 aliphatic heterocycles. The van der Waals surface area contributed by atoms with Crippen LogP contribution in [0.2, 0.25) is 5.02 Å². The van der Waals surface area contributed by atoms with Gasteiger partial charge in [0.2, 0.25) is 0 Å². The van der Waals surface area contributed by atoms with Crippen LogP contribution in [0.15, 0.2) is 24.3 Å². The van der Waals surface area contributed by atoms with Crippen molar-refractivity contribution in [1.29, 1.82) is 0 Å². The molecule has 0 radical (unpaired) electrons. The maximum absolute atomic E-state index is 5.84. The molecule has 1 fully saturated rings. The van der Waals surface area contributed by atoms with E-state index >= 15 is 0 Å². The van der Waals surface area contributed by atoms with Crippen molar-refractivity contribution in [3.63, 3.8) is 0 Å². The van der Waals surface area contributed by atoms with Crippen LogP contribution in [0, 0.1) is 0 Å². The third-order valence-electron chi connectivity index (χ3n) is 3.05. The summed E-state index contributed by atoms with van der Waals surface area (Å²) in [6.07, 6.45) is 6.50. The normalized spacial score (nSPS) is 17.1. The molecule has 1 nitrogen and oxygen atoms in total. The fourth-order valence-corrected chi connectivity index (χ4v) is 2.55. The van der Waals surface area contributed by atoms with Crippen molar-refractivity contribution in [2.45, 2.75) is 38.1 Å². The first-order valence-electron chi connectivity index (χ1n) is 5.82. The quantitative estimate of drug-likeness (QED) is 0.802. The number of nitrogens with one attached hydrogen (secondary N) is 1. The topological polar surface area (TPSA) is 12.0 Å². The first-order chi connectivity index (χ1) is 7.75. The van der Waals surface area contributed by atoms with E-state index in [-0.39, 0.29) is 0 Å². The average Bonchev–Trinajstić information content (AvgIpc) is 2.31. The lowest BCUT2D eigenvalue weighted by atomic mass is 9.95. The van der Waals surface area contributed by atoms with E-state index in [0.29, 0.717) is 6.04 Å². The van der Waals surface area contributed by atoms with Crippen LogP contribution >= 0.6 is 23.8 Å². The molecule has 0 aromatic heterocycles. The molecule has 0 unspecified atom stereocenters. The average molecular weight is 254 g/mol. The molecule has 0 atom stereocenters. The molecular formula is C13H16ClNS. The van der Waals surface area contributed by atoms with Crippen LogP contribution in [0.1, 0.15) is 37.7 Å². The minimum absolute atomic E-state index is 0.567. The Hall–Kier alpha value is -0.600. The van der Waals surface area contributed by atoms with E-state index in [4.69, 9.17) is 23.8 Å². The highest BCUT2D eigenvalue weighted by Gasteiger charge is 2.14. The second-order valence-corrected chi connectivity index (χ2v) is 5.16. The van der Waals surface area contributed by atoms with E-state index in [2.05, 4.69) is 5.32 Å². The monoisotopic (exact) mass is 253 g/mol. The van der Waals surface area contributed by atoms with Crippen LogP contribution in [0.25, 0.3) is 0 Å². The summed E-state index contributed by atoms with van der Waals surface area (Å²) in [6.45, 7) is 0. The number of thiocarbonyl (C=S) groups is 1. The third kappa shape index (κ3) is 3.19. The Morgan fingerprint density at radius 2 is 1.75 bits per heavy atom. The predicted octanol–water partition coefficient (Wildman–Crippen LogP) is 3.94. The van der Waals surface area contributed by atoms with E-state index < -0.39 is 0 Å². The summed E-state index contributed by atoms with van der Waals surface area (Å²) in [7, 11) is 0. The molecule has 1 N–H and O–H groups in total. The number of rotatable bonds is 2. The maximum Gasteiger partial charge on any atom is 0.106 e. The Balaban J connectivity index is 1.94. The van der Waals surface area contributed by atoms with Gasteiger partial charge in [0.1, 0.15) is 4.99 Å².